The lowest BCUT2D eigenvalue weighted by molar-refractivity contribution is 0.0903. The third kappa shape index (κ3) is 3.26. The highest BCUT2D eigenvalue weighted by Gasteiger charge is 2.20. The Bertz CT molecular complexity index is 711. The maximum Gasteiger partial charge on any atom is 0.223 e. The van der Waals surface area contributed by atoms with E-state index in [2.05, 4.69) is 20.1 Å². The average Bonchev–Trinajstić information content (AvgIpc) is 2.85. The molecule has 0 aromatic carbocycles. The van der Waals surface area contributed by atoms with Crippen LogP contribution in [0.5, 0.6) is 0 Å². The Morgan fingerprint density at radius 1 is 1.17 bits per heavy atom. The van der Waals surface area contributed by atoms with Crippen molar-refractivity contribution in [2.45, 2.75) is 51.1 Å². The Morgan fingerprint density at radius 2 is 2.04 bits per heavy atom. The van der Waals surface area contributed by atoms with Crippen LogP contribution in [-0.4, -0.2) is 39.0 Å². The maximum atomic E-state index is 6.40. The van der Waals surface area contributed by atoms with Gasteiger partial charge in [0.15, 0.2) is 0 Å². The van der Waals surface area contributed by atoms with Crippen molar-refractivity contribution in [1.82, 2.24) is 19.7 Å². The number of hydrogen-bond acceptors (Lipinski definition) is 5. The minimum Gasteiger partial charge on any atom is -0.381 e. The molecule has 24 heavy (non-hydrogen) atoms. The summed E-state index contributed by atoms with van der Waals surface area (Å²) in [5.41, 5.74) is 3.06. The molecule has 0 unspecified atom stereocenters. The van der Waals surface area contributed by atoms with Gasteiger partial charge in [-0.05, 0) is 32.1 Å². The van der Waals surface area contributed by atoms with Crippen molar-refractivity contribution in [3.63, 3.8) is 0 Å². The molecule has 0 spiro atoms. The maximum absolute atomic E-state index is 6.40. The Labute approximate surface area is 146 Å². The van der Waals surface area contributed by atoms with E-state index >= 15 is 0 Å². The molecule has 0 amide bonds. The highest BCUT2D eigenvalue weighted by Crippen LogP contribution is 2.31. The quantitative estimate of drug-likeness (QED) is 0.922. The first-order valence-electron chi connectivity index (χ1n) is 8.73. The molecule has 0 saturated carbocycles. The fourth-order valence-electron chi connectivity index (χ4n) is 3.45. The summed E-state index contributed by atoms with van der Waals surface area (Å²) in [5, 5.41) is 8.53. The van der Waals surface area contributed by atoms with Gasteiger partial charge >= 0.3 is 0 Å². The molecule has 1 saturated heterocycles. The highest BCUT2D eigenvalue weighted by molar-refractivity contribution is 6.32. The molecule has 2 aliphatic heterocycles. The number of aromatic nitrogens is 4. The molecule has 1 N–H and O–H groups in total. The second-order valence-electron chi connectivity index (χ2n) is 6.46. The van der Waals surface area contributed by atoms with E-state index in [1.165, 1.54) is 25.0 Å². The van der Waals surface area contributed by atoms with Gasteiger partial charge in [0.05, 0.1) is 23.1 Å². The number of nitrogens with zero attached hydrogens (tertiary/aromatic N) is 4. The molecular weight excluding hydrogens is 326 g/mol. The molecule has 0 bridgehead atoms. The van der Waals surface area contributed by atoms with Gasteiger partial charge in [0, 0.05) is 37.1 Å². The molecule has 128 valence electrons. The first-order chi connectivity index (χ1) is 11.8. The third-order valence-corrected chi connectivity index (χ3v) is 5.06. The Kier molecular flexibility index (Phi) is 4.67. The van der Waals surface area contributed by atoms with Gasteiger partial charge in [-0.25, -0.2) is 9.97 Å². The molecule has 0 aliphatic carbocycles. The van der Waals surface area contributed by atoms with Gasteiger partial charge in [-0.2, -0.15) is 5.10 Å². The van der Waals surface area contributed by atoms with Crippen molar-refractivity contribution in [3.05, 3.63) is 23.1 Å². The van der Waals surface area contributed by atoms with E-state index in [1.807, 2.05) is 6.20 Å². The summed E-state index contributed by atoms with van der Waals surface area (Å²) in [6, 6.07) is 0.358. The molecule has 7 heteroatoms. The van der Waals surface area contributed by atoms with Crippen LogP contribution < -0.4 is 5.32 Å². The molecule has 4 rings (SSSR count). The van der Waals surface area contributed by atoms with Crippen molar-refractivity contribution in [2.24, 2.45) is 0 Å². The Hall–Kier alpha value is -1.66. The number of ether oxygens (including phenoxy) is 1. The van der Waals surface area contributed by atoms with Crippen molar-refractivity contribution in [1.29, 1.82) is 0 Å². The third-order valence-electron chi connectivity index (χ3n) is 4.79. The van der Waals surface area contributed by atoms with Crippen molar-refractivity contribution >= 4 is 17.5 Å². The van der Waals surface area contributed by atoms with Gasteiger partial charge in [-0.15, -0.1) is 0 Å². The molecule has 4 heterocycles. The number of anilines is 1. The molecule has 2 aromatic rings. The number of nitrogens with one attached hydrogen (secondary N) is 1. The monoisotopic (exact) mass is 347 g/mol. The normalized spacial score (nSPS) is 18.9. The van der Waals surface area contributed by atoms with Gasteiger partial charge in [0.25, 0.3) is 0 Å². The van der Waals surface area contributed by atoms with E-state index in [0.717, 1.165) is 50.3 Å². The number of fused-ring (bicyclic) bond motifs is 1. The van der Waals surface area contributed by atoms with E-state index in [4.69, 9.17) is 21.3 Å². The molecular formula is C17H22ClN5O. The second kappa shape index (κ2) is 7.07. The summed E-state index contributed by atoms with van der Waals surface area (Å²) in [7, 11) is 0. The zero-order valence-corrected chi connectivity index (χ0v) is 14.4. The first kappa shape index (κ1) is 15.8. The van der Waals surface area contributed by atoms with Crippen molar-refractivity contribution in [2.75, 3.05) is 18.5 Å². The molecule has 6 nitrogen and oxygen atoms in total. The van der Waals surface area contributed by atoms with Crippen LogP contribution in [0.15, 0.2) is 12.4 Å². The van der Waals surface area contributed by atoms with Crippen LogP contribution in [0.4, 0.5) is 5.95 Å². The lowest BCUT2D eigenvalue weighted by Gasteiger charge is -2.23. The molecule has 2 aliphatic rings. The summed E-state index contributed by atoms with van der Waals surface area (Å²) in [4.78, 5) is 9.05. The first-order valence-corrected chi connectivity index (χ1v) is 9.11. The van der Waals surface area contributed by atoms with Crippen LogP contribution in [-0.2, 0) is 17.7 Å². The molecule has 0 atom stereocenters. The fourth-order valence-corrected chi connectivity index (χ4v) is 3.64. The average molecular weight is 348 g/mol. The predicted octanol–water partition coefficient (Wildman–Crippen LogP) is 3.31. The van der Waals surface area contributed by atoms with Gasteiger partial charge in [-0.1, -0.05) is 18.0 Å². The number of rotatable bonds is 3. The topological polar surface area (TPSA) is 64.9 Å². The zero-order chi connectivity index (χ0) is 16.4. The predicted molar refractivity (Wildman–Crippen MR) is 93.3 cm³/mol. The van der Waals surface area contributed by atoms with Crippen LogP contribution in [0, 0.1) is 0 Å². The Balaban J connectivity index is 1.63. The van der Waals surface area contributed by atoms with E-state index in [1.54, 1.807) is 6.20 Å². The van der Waals surface area contributed by atoms with Crippen LogP contribution in [0.1, 0.15) is 37.8 Å². The molecule has 1 fully saturated rings. The Morgan fingerprint density at radius 3 is 2.92 bits per heavy atom. The summed E-state index contributed by atoms with van der Waals surface area (Å²) >= 11 is 6.40. The van der Waals surface area contributed by atoms with Gasteiger partial charge in [0.2, 0.25) is 5.95 Å². The molecule has 0 radical (unpaired) electrons. The van der Waals surface area contributed by atoms with Gasteiger partial charge in [-0.3, -0.25) is 4.68 Å². The van der Waals surface area contributed by atoms with Crippen LogP contribution >= 0.6 is 11.6 Å². The van der Waals surface area contributed by atoms with E-state index < -0.39 is 0 Å². The number of aryl methyl sites for hydroxylation is 1. The SMILES string of the molecule is Clc1cnc(NC2CCOCC2)nc1-c1cnn2c1CCCCC2. The standard InChI is InChI=1S/C17H22ClN5O/c18-14-11-19-17(21-12-5-8-24-9-6-12)22-16(14)13-10-20-23-7-3-1-2-4-15(13)23/h10-12H,1-9H2,(H,19,21,22). The number of halogens is 1. The van der Waals surface area contributed by atoms with Crippen LogP contribution in [0.2, 0.25) is 5.02 Å². The summed E-state index contributed by atoms with van der Waals surface area (Å²) in [6.45, 7) is 2.55. The van der Waals surface area contributed by atoms with E-state index in [-0.39, 0.29) is 0 Å². The minimum absolute atomic E-state index is 0.358. The lowest BCUT2D eigenvalue weighted by Crippen LogP contribution is -2.28. The minimum atomic E-state index is 0.358. The summed E-state index contributed by atoms with van der Waals surface area (Å²) in [5.74, 6) is 0.634. The van der Waals surface area contributed by atoms with Crippen molar-refractivity contribution in [3.8, 4) is 11.3 Å². The van der Waals surface area contributed by atoms with Crippen LogP contribution in [0.3, 0.4) is 0 Å². The largest absolute Gasteiger partial charge is 0.381 e. The van der Waals surface area contributed by atoms with Gasteiger partial charge < -0.3 is 10.1 Å². The van der Waals surface area contributed by atoms with Gasteiger partial charge in [0.1, 0.15) is 0 Å². The fraction of sp³-hybridized carbons (Fsp3) is 0.588. The summed E-state index contributed by atoms with van der Waals surface area (Å²) in [6.07, 6.45) is 10.2. The van der Waals surface area contributed by atoms with Crippen LogP contribution in [0.25, 0.3) is 11.3 Å². The van der Waals surface area contributed by atoms with Crippen molar-refractivity contribution < 1.29 is 4.74 Å². The highest BCUT2D eigenvalue weighted by atomic mass is 35.5. The lowest BCUT2D eigenvalue weighted by atomic mass is 10.1. The van der Waals surface area contributed by atoms with E-state index in [0.29, 0.717) is 17.0 Å². The zero-order valence-electron chi connectivity index (χ0n) is 13.7. The molecule has 2 aromatic heterocycles. The number of hydrogen-bond donors (Lipinski definition) is 1. The summed E-state index contributed by atoms with van der Waals surface area (Å²) < 4.78 is 7.50. The smallest absolute Gasteiger partial charge is 0.223 e. The second-order valence-corrected chi connectivity index (χ2v) is 6.87. The van der Waals surface area contributed by atoms with E-state index in [9.17, 15) is 0 Å².